The van der Waals surface area contributed by atoms with Crippen molar-refractivity contribution in [3.05, 3.63) is 53.6 Å². The summed E-state index contributed by atoms with van der Waals surface area (Å²) >= 11 is 0. The number of aryl methyl sites for hydroxylation is 1. The molecule has 1 saturated carbocycles. The van der Waals surface area contributed by atoms with E-state index in [0.29, 0.717) is 25.0 Å². The number of allylic oxidation sites excluding steroid dienone is 2. The minimum absolute atomic E-state index is 0.0664. The van der Waals surface area contributed by atoms with Crippen LogP contribution in [0.2, 0.25) is 18.1 Å². The van der Waals surface area contributed by atoms with Crippen LogP contribution in [0.1, 0.15) is 84.3 Å². The third-order valence-electron chi connectivity index (χ3n) is 7.46. The molecule has 2 rings (SSSR count). The van der Waals surface area contributed by atoms with Crippen LogP contribution < -0.4 is 0 Å². The third-order valence-corrected chi connectivity index (χ3v) is 12.0. The van der Waals surface area contributed by atoms with Gasteiger partial charge in [0.25, 0.3) is 0 Å². The number of hydrogen-bond acceptors (Lipinski definition) is 4. The summed E-state index contributed by atoms with van der Waals surface area (Å²) in [5.74, 6) is 0.561. The number of rotatable bonds is 11. The molecule has 3 atom stereocenters. The van der Waals surface area contributed by atoms with Gasteiger partial charge >= 0.3 is 5.97 Å². The highest BCUT2D eigenvalue weighted by atomic mass is 28.4. The number of benzene rings is 1. The molecule has 1 fully saturated rings. The monoisotopic (exact) mass is 512 g/mol. The first-order chi connectivity index (χ1) is 16.8. The summed E-state index contributed by atoms with van der Waals surface area (Å²) < 4.78 is 12.1. The Balaban J connectivity index is 2.14. The van der Waals surface area contributed by atoms with Gasteiger partial charge in [-0.1, -0.05) is 74.9 Å². The Morgan fingerprint density at radius 1 is 1.11 bits per heavy atom. The molecule has 0 amide bonds. The molecular weight excluding hydrogens is 464 g/mol. The maximum Gasteiger partial charge on any atom is 0.306 e. The zero-order chi connectivity index (χ0) is 26.9. The molecule has 200 valence electrons. The zero-order valence-electron chi connectivity index (χ0n) is 23.8. The van der Waals surface area contributed by atoms with E-state index in [9.17, 15) is 9.59 Å². The minimum atomic E-state index is -2.03. The van der Waals surface area contributed by atoms with E-state index >= 15 is 0 Å². The summed E-state index contributed by atoms with van der Waals surface area (Å²) in [6.07, 6.45) is 12.6. The average Bonchev–Trinajstić information content (AvgIpc) is 2.75. The molecule has 0 aliphatic heterocycles. The fourth-order valence-corrected chi connectivity index (χ4v) is 5.70. The Labute approximate surface area is 220 Å². The molecule has 4 nitrogen and oxygen atoms in total. The maximum atomic E-state index is 12.8. The predicted molar refractivity (Wildman–Crippen MR) is 152 cm³/mol. The lowest BCUT2D eigenvalue weighted by atomic mass is 9.74. The van der Waals surface area contributed by atoms with Crippen LogP contribution in [-0.2, 0) is 18.8 Å². The van der Waals surface area contributed by atoms with E-state index in [2.05, 4.69) is 89.4 Å². The zero-order valence-corrected chi connectivity index (χ0v) is 24.8. The second-order valence-corrected chi connectivity index (χ2v) is 16.9. The summed E-state index contributed by atoms with van der Waals surface area (Å²) in [5.41, 5.74) is 2.42. The second-order valence-electron chi connectivity index (χ2n) is 12.1. The van der Waals surface area contributed by atoms with Crippen LogP contribution in [0.25, 0.3) is 6.08 Å². The van der Waals surface area contributed by atoms with Gasteiger partial charge in [0.05, 0.1) is 12.2 Å². The van der Waals surface area contributed by atoms with Gasteiger partial charge in [0, 0.05) is 25.2 Å². The van der Waals surface area contributed by atoms with Crippen molar-refractivity contribution in [2.75, 3.05) is 0 Å². The number of ketones is 1. The lowest BCUT2D eigenvalue weighted by Crippen LogP contribution is -2.49. The van der Waals surface area contributed by atoms with E-state index < -0.39 is 8.32 Å². The molecule has 1 aromatic rings. The predicted octanol–water partition coefficient (Wildman–Crippen LogP) is 8.06. The molecule has 0 saturated heterocycles. The quantitative estimate of drug-likeness (QED) is 0.130. The van der Waals surface area contributed by atoms with Crippen molar-refractivity contribution in [3.63, 3.8) is 0 Å². The largest absolute Gasteiger partial charge is 0.463 e. The first-order valence-electron chi connectivity index (χ1n) is 13.6. The van der Waals surface area contributed by atoms with Crippen molar-refractivity contribution >= 4 is 26.1 Å². The fraction of sp³-hybridized carbons (Fsp3) is 0.613. The van der Waals surface area contributed by atoms with Crippen molar-refractivity contribution in [1.29, 1.82) is 0 Å². The van der Waals surface area contributed by atoms with Gasteiger partial charge in [0.1, 0.15) is 5.78 Å². The molecule has 0 unspecified atom stereocenters. The van der Waals surface area contributed by atoms with Gasteiger partial charge in [0.15, 0.2) is 8.32 Å². The highest BCUT2D eigenvalue weighted by molar-refractivity contribution is 6.74. The maximum absolute atomic E-state index is 12.8. The lowest BCUT2D eigenvalue weighted by Gasteiger charge is -2.44. The van der Waals surface area contributed by atoms with Crippen LogP contribution in [0, 0.1) is 18.8 Å². The Morgan fingerprint density at radius 3 is 2.39 bits per heavy atom. The Morgan fingerprint density at radius 2 is 1.78 bits per heavy atom. The van der Waals surface area contributed by atoms with Gasteiger partial charge in [-0.05, 0) is 69.6 Å². The molecule has 1 aliphatic rings. The van der Waals surface area contributed by atoms with Crippen LogP contribution in [0.3, 0.4) is 0 Å². The van der Waals surface area contributed by atoms with E-state index in [0.717, 1.165) is 19.3 Å². The number of carbonyl (C=O) groups is 2. The van der Waals surface area contributed by atoms with Crippen LogP contribution >= 0.6 is 0 Å². The molecule has 0 heterocycles. The summed E-state index contributed by atoms with van der Waals surface area (Å²) in [5, 5.41) is 0.0881. The highest BCUT2D eigenvalue weighted by Crippen LogP contribution is 2.42. The number of unbranched alkanes of at least 4 members (excludes halogenated alkanes) is 1. The van der Waals surface area contributed by atoms with Crippen molar-refractivity contribution < 1.29 is 18.8 Å². The van der Waals surface area contributed by atoms with Crippen molar-refractivity contribution in [2.24, 2.45) is 11.8 Å². The second kappa shape index (κ2) is 13.5. The minimum Gasteiger partial charge on any atom is -0.463 e. The molecular formula is C31H48O4Si. The number of Topliss-reactive ketones (excluding diaryl/α,β-unsaturated/α-hetero) is 1. The number of ether oxygens (including phenoxy) is 1. The molecule has 0 spiro atoms. The smallest absolute Gasteiger partial charge is 0.306 e. The van der Waals surface area contributed by atoms with Gasteiger partial charge in [-0.2, -0.15) is 0 Å². The number of carbonyl (C=O) groups excluding carboxylic acids is 2. The van der Waals surface area contributed by atoms with Gasteiger partial charge in [0.2, 0.25) is 0 Å². The van der Waals surface area contributed by atoms with Crippen LogP contribution in [0.15, 0.2) is 42.5 Å². The van der Waals surface area contributed by atoms with Crippen molar-refractivity contribution in [2.45, 2.75) is 110 Å². The van der Waals surface area contributed by atoms with Crippen molar-refractivity contribution in [1.82, 2.24) is 0 Å². The van der Waals surface area contributed by atoms with Crippen molar-refractivity contribution in [3.8, 4) is 0 Å². The average molecular weight is 513 g/mol. The van der Waals surface area contributed by atoms with Crippen LogP contribution in [0.4, 0.5) is 0 Å². The molecule has 5 heteroatoms. The van der Waals surface area contributed by atoms with E-state index in [1.54, 1.807) is 0 Å². The molecule has 0 bridgehead atoms. The Kier molecular flexibility index (Phi) is 11.4. The summed E-state index contributed by atoms with van der Waals surface area (Å²) in [7, 11) is -2.03. The summed E-state index contributed by atoms with van der Waals surface area (Å²) in [6, 6.07) is 8.54. The lowest BCUT2D eigenvalue weighted by molar-refractivity contribution is -0.147. The number of hydrogen-bond donors (Lipinski definition) is 0. The van der Waals surface area contributed by atoms with Crippen LogP contribution in [-0.4, -0.2) is 32.3 Å². The van der Waals surface area contributed by atoms with E-state index in [1.165, 1.54) is 11.1 Å². The third kappa shape index (κ3) is 9.82. The molecule has 36 heavy (non-hydrogen) atoms. The van der Waals surface area contributed by atoms with Gasteiger partial charge in [-0.25, -0.2) is 0 Å². The normalized spacial score (nSPS) is 21.6. The van der Waals surface area contributed by atoms with E-state index in [1.807, 2.05) is 13.8 Å². The van der Waals surface area contributed by atoms with Gasteiger partial charge in [-0.15, -0.1) is 0 Å². The first-order valence-corrected chi connectivity index (χ1v) is 16.5. The molecule has 1 aromatic carbocycles. The molecule has 0 aromatic heterocycles. The molecule has 1 aliphatic carbocycles. The topological polar surface area (TPSA) is 52.6 Å². The van der Waals surface area contributed by atoms with Crippen LogP contribution in [0.5, 0.6) is 0 Å². The van der Waals surface area contributed by atoms with Gasteiger partial charge in [-0.3, -0.25) is 9.59 Å². The Hall–Kier alpha value is -1.98. The highest BCUT2D eigenvalue weighted by Gasteiger charge is 2.44. The summed E-state index contributed by atoms with van der Waals surface area (Å²) in [6.45, 7) is 17.1. The van der Waals surface area contributed by atoms with Gasteiger partial charge < -0.3 is 9.16 Å². The standard InChI is InChI=1S/C31H48O4Si/c1-23(2)34-30(33)14-12-10-9-11-13-26-21-27(32)22-29(35-36(7,8)31(4,5)6)28(26)20-19-25-17-15-24(3)16-18-25/h9,11,15-20,23,26,28-29H,10,12-14,21-22H2,1-8H3/b11-9-,20-19+/t26-,28+,29+/m0/s1. The fourth-order valence-electron chi connectivity index (χ4n) is 4.35. The molecule has 0 radical (unpaired) electrons. The van der Waals surface area contributed by atoms with E-state index in [-0.39, 0.29) is 35.1 Å². The molecule has 0 N–H and O–H groups in total. The first kappa shape index (κ1) is 30.2. The number of esters is 1. The van der Waals surface area contributed by atoms with E-state index in [4.69, 9.17) is 9.16 Å². The SMILES string of the molecule is Cc1ccc(/C=C/[C@@H]2[C@@H](C/C=C\CCCC(=O)OC(C)C)CC(=O)C[C@H]2O[Si](C)(C)C(C)(C)C)cc1. The Bertz CT molecular complexity index is 905. The summed E-state index contributed by atoms with van der Waals surface area (Å²) in [4.78, 5) is 24.5.